The minimum absolute atomic E-state index is 0.427. The molecule has 1 rings (SSSR count). The van der Waals surface area contributed by atoms with E-state index >= 15 is 0 Å². The number of hydrogen-bond acceptors (Lipinski definition) is 4. The fourth-order valence-electron chi connectivity index (χ4n) is 1.18. The fraction of sp³-hybridized carbons (Fsp3) is 0.778. The molecule has 6 heteroatoms. The number of carboxylic acids is 1. The van der Waals surface area contributed by atoms with E-state index in [0.29, 0.717) is 12.3 Å². The van der Waals surface area contributed by atoms with E-state index in [-0.39, 0.29) is 0 Å². The summed E-state index contributed by atoms with van der Waals surface area (Å²) in [5.41, 5.74) is -0.590. The van der Waals surface area contributed by atoms with E-state index in [9.17, 15) is 9.59 Å². The van der Waals surface area contributed by atoms with Gasteiger partial charge in [0.1, 0.15) is 5.60 Å². The summed E-state index contributed by atoms with van der Waals surface area (Å²) in [4.78, 5) is 23.7. The van der Waals surface area contributed by atoms with E-state index in [1.807, 2.05) is 0 Å². The van der Waals surface area contributed by atoms with Crippen molar-refractivity contribution in [3.8, 4) is 0 Å². The van der Waals surface area contributed by atoms with Gasteiger partial charge in [-0.3, -0.25) is 4.90 Å². The van der Waals surface area contributed by atoms with Crippen molar-refractivity contribution in [1.29, 1.82) is 0 Å². The van der Waals surface area contributed by atoms with Gasteiger partial charge in [-0.05, 0) is 20.8 Å². The van der Waals surface area contributed by atoms with Crippen molar-refractivity contribution in [2.75, 3.05) is 12.3 Å². The first kappa shape index (κ1) is 12.2. The Balaban J connectivity index is 2.63. The van der Waals surface area contributed by atoms with Crippen molar-refractivity contribution in [2.45, 2.75) is 31.7 Å². The molecule has 0 aromatic carbocycles. The molecule has 0 bridgehead atoms. The Morgan fingerprint density at radius 2 is 2.07 bits per heavy atom. The van der Waals surface area contributed by atoms with Crippen LogP contribution in [0.4, 0.5) is 4.79 Å². The maximum absolute atomic E-state index is 11.6. The smallest absolute Gasteiger partial charge is 0.411 e. The summed E-state index contributed by atoms with van der Waals surface area (Å²) in [6, 6.07) is 0. The van der Waals surface area contributed by atoms with Crippen molar-refractivity contribution in [3.63, 3.8) is 0 Å². The van der Waals surface area contributed by atoms with E-state index in [4.69, 9.17) is 9.84 Å². The topological polar surface area (TPSA) is 66.8 Å². The molecule has 0 aliphatic carbocycles. The Hall–Kier alpha value is -0.910. The molecule has 0 saturated carbocycles. The maximum Gasteiger partial charge on any atom is 0.411 e. The second-order valence-electron chi connectivity index (χ2n) is 4.24. The van der Waals surface area contributed by atoms with Crippen LogP contribution in [0.25, 0.3) is 0 Å². The van der Waals surface area contributed by atoms with Gasteiger partial charge in [-0.25, -0.2) is 9.59 Å². The van der Waals surface area contributed by atoms with Crippen molar-refractivity contribution >= 4 is 23.8 Å². The summed E-state index contributed by atoms with van der Waals surface area (Å²) in [6.07, 6.45) is -0.556. The molecule has 1 N–H and O–H groups in total. The summed E-state index contributed by atoms with van der Waals surface area (Å²) >= 11 is 1.24. The first-order valence-electron chi connectivity index (χ1n) is 4.65. The molecule has 1 saturated heterocycles. The minimum atomic E-state index is -0.997. The van der Waals surface area contributed by atoms with Crippen LogP contribution in [0.15, 0.2) is 0 Å². The van der Waals surface area contributed by atoms with E-state index in [1.165, 1.54) is 16.7 Å². The average Bonchev–Trinajstić information content (AvgIpc) is 2.47. The summed E-state index contributed by atoms with van der Waals surface area (Å²) < 4.78 is 5.11. The molecule has 5 nitrogen and oxygen atoms in total. The van der Waals surface area contributed by atoms with Crippen LogP contribution in [0.1, 0.15) is 20.8 Å². The number of nitrogens with zero attached hydrogens (tertiary/aromatic N) is 1. The number of aliphatic carboxylic acids is 1. The Morgan fingerprint density at radius 3 is 2.53 bits per heavy atom. The molecule has 1 aliphatic heterocycles. The van der Waals surface area contributed by atoms with Crippen molar-refractivity contribution in [1.82, 2.24) is 4.90 Å². The highest BCUT2D eigenvalue weighted by molar-refractivity contribution is 8.00. The van der Waals surface area contributed by atoms with Crippen LogP contribution < -0.4 is 0 Å². The summed E-state index contributed by atoms with van der Waals surface area (Å²) in [5, 5.41) is 8.05. The van der Waals surface area contributed by atoms with Crippen LogP contribution in [-0.2, 0) is 9.53 Å². The maximum atomic E-state index is 11.6. The van der Waals surface area contributed by atoms with Gasteiger partial charge < -0.3 is 9.84 Å². The van der Waals surface area contributed by atoms with E-state index < -0.39 is 23.0 Å². The van der Waals surface area contributed by atoms with Gasteiger partial charge in [0.15, 0.2) is 5.37 Å². The number of thioether (sulfide) groups is 1. The van der Waals surface area contributed by atoms with Gasteiger partial charge in [-0.1, -0.05) is 0 Å². The van der Waals surface area contributed by atoms with Crippen LogP contribution in [0, 0.1) is 0 Å². The van der Waals surface area contributed by atoms with Gasteiger partial charge in [-0.15, -0.1) is 11.8 Å². The monoisotopic (exact) mass is 233 g/mol. The molecule has 15 heavy (non-hydrogen) atoms. The quantitative estimate of drug-likeness (QED) is 0.741. The zero-order valence-corrected chi connectivity index (χ0v) is 9.84. The molecule has 1 aliphatic rings. The number of rotatable bonds is 1. The van der Waals surface area contributed by atoms with Crippen molar-refractivity contribution in [2.24, 2.45) is 0 Å². The second-order valence-corrected chi connectivity index (χ2v) is 5.42. The van der Waals surface area contributed by atoms with Gasteiger partial charge in [0.2, 0.25) is 0 Å². The van der Waals surface area contributed by atoms with Crippen LogP contribution in [-0.4, -0.2) is 45.3 Å². The summed E-state index contributed by atoms with van der Waals surface area (Å²) in [5.74, 6) is -0.362. The highest BCUT2D eigenvalue weighted by Gasteiger charge is 2.37. The predicted octanol–water partition coefficient (Wildman–Crippen LogP) is 1.38. The third-order valence-electron chi connectivity index (χ3n) is 1.73. The number of carbonyl (C=O) groups is 2. The zero-order valence-electron chi connectivity index (χ0n) is 9.02. The highest BCUT2D eigenvalue weighted by Crippen LogP contribution is 2.25. The lowest BCUT2D eigenvalue weighted by Gasteiger charge is -2.26. The molecule has 0 unspecified atom stereocenters. The molecule has 0 aromatic heterocycles. The standard InChI is InChI=1S/C9H15NO4S/c1-9(2,3)14-8(13)10-4-5-15-6(10)7(11)12/h6H,4-5H2,1-3H3,(H,11,12)/t6-/m0/s1. The second kappa shape index (κ2) is 4.30. The molecule has 1 amide bonds. The van der Waals surface area contributed by atoms with E-state index in [2.05, 4.69) is 0 Å². The third-order valence-corrected chi connectivity index (χ3v) is 2.92. The first-order valence-corrected chi connectivity index (χ1v) is 5.70. The molecule has 0 spiro atoms. The Morgan fingerprint density at radius 1 is 1.47 bits per heavy atom. The van der Waals surface area contributed by atoms with E-state index in [1.54, 1.807) is 20.8 Å². The van der Waals surface area contributed by atoms with Gasteiger partial charge in [0.25, 0.3) is 0 Å². The number of ether oxygens (including phenoxy) is 1. The molecule has 1 atom stereocenters. The fourth-order valence-corrected chi connectivity index (χ4v) is 2.22. The summed E-state index contributed by atoms with van der Waals surface area (Å²) in [6.45, 7) is 5.69. The number of amides is 1. The number of carbonyl (C=O) groups excluding carboxylic acids is 1. The zero-order chi connectivity index (χ0) is 11.6. The lowest BCUT2D eigenvalue weighted by molar-refractivity contribution is -0.139. The third kappa shape index (κ3) is 3.30. The molecule has 86 valence electrons. The normalized spacial score (nSPS) is 21.5. The lowest BCUT2D eigenvalue weighted by atomic mass is 10.2. The molecule has 0 aromatic rings. The number of carboxylic acid groups (broad SMARTS) is 1. The Kier molecular flexibility index (Phi) is 3.49. The Bertz CT molecular complexity index is 274. The van der Waals surface area contributed by atoms with Crippen LogP contribution in [0.2, 0.25) is 0 Å². The highest BCUT2D eigenvalue weighted by atomic mass is 32.2. The molecular formula is C9H15NO4S. The largest absolute Gasteiger partial charge is 0.479 e. The van der Waals surface area contributed by atoms with Gasteiger partial charge in [0, 0.05) is 12.3 Å². The number of hydrogen-bond donors (Lipinski definition) is 1. The van der Waals surface area contributed by atoms with Crippen molar-refractivity contribution < 1.29 is 19.4 Å². The molecular weight excluding hydrogens is 218 g/mol. The van der Waals surface area contributed by atoms with Gasteiger partial charge in [0.05, 0.1) is 0 Å². The SMILES string of the molecule is CC(C)(C)OC(=O)N1CCS[C@H]1C(=O)O. The average molecular weight is 233 g/mol. The molecule has 1 heterocycles. The first-order chi connectivity index (χ1) is 6.81. The van der Waals surface area contributed by atoms with Gasteiger partial charge in [-0.2, -0.15) is 0 Å². The lowest BCUT2D eigenvalue weighted by Crippen LogP contribution is -2.42. The molecule has 1 fully saturated rings. The van der Waals surface area contributed by atoms with Gasteiger partial charge >= 0.3 is 12.1 Å². The van der Waals surface area contributed by atoms with Crippen LogP contribution in [0.3, 0.4) is 0 Å². The van der Waals surface area contributed by atoms with Crippen LogP contribution in [0.5, 0.6) is 0 Å². The summed E-state index contributed by atoms with van der Waals surface area (Å²) in [7, 11) is 0. The Labute approximate surface area is 92.8 Å². The van der Waals surface area contributed by atoms with Crippen LogP contribution >= 0.6 is 11.8 Å². The predicted molar refractivity (Wildman–Crippen MR) is 56.8 cm³/mol. The molecule has 0 radical (unpaired) electrons. The van der Waals surface area contributed by atoms with Crippen molar-refractivity contribution in [3.05, 3.63) is 0 Å². The minimum Gasteiger partial charge on any atom is -0.479 e. The van der Waals surface area contributed by atoms with E-state index in [0.717, 1.165) is 0 Å².